The van der Waals surface area contributed by atoms with Crippen molar-refractivity contribution in [2.45, 2.75) is 277 Å². The summed E-state index contributed by atoms with van der Waals surface area (Å²) in [6.45, 7) is 5.45. The van der Waals surface area contributed by atoms with Gasteiger partial charge in [-0.3, -0.25) is 9.36 Å². The topological polar surface area (TPSA) is 94.1 Å². The Hall–Kier alpha value is -1.02. The van der Waals surface area contributed by atoms with Gasteiger partial charge in [0, 0.05) is 13.0 Å². The molecule has 0 aliphatic carbocycles. The van der Waals surface area contributed by atoms with E-state index in [9.17, 15) is 14.3 Å². The van der Waals surface area contributed by atoms with Gasteiger partial charge in [0.1, 0.15) is 19.3 Å². The van der Waals surface area contributed by atoms with E-state index in [4.69, 9.17) is 18.5 Å². The van der Waals surface area contributed by atoms with Crippen LogP contribution in [-0.2, 0) is 27.9 Å². The van der Waals surface area contributed by atoms with Gasteiger partial charge in [-0.2, -0.15) is 0 Å². The van der Waals surface area contributed by atoms with Crippen LogP contribution in [0, 0.1) is 0 Å². The average molecular weight is 940 g/mol. The molecule has 2 unspecified atom stereocenters. The molecular weight excluding hydrogens is 830 g/mol. The number of allylic oxidation sites excluding steroid dienone is 4. The predicted molar refractivity (Wildman–Crippen MR) is 277 cm³/mol. The first-order valence-electron chi connectivity index (χ1n) is 28.1. The first-order chi connectivity index (χ1) is 31.6. The molecule has 386 valence electrons. The Kier molecular flexibility index (Phi) is 48.6. The molecule has 0 aliphatic heterocycles. The van der Waals surface area contributed by atoms with Crippen LogP contribution >= 0.6 is 7.82 Å². The number of unbranched alkanes of at least 4 members (excludes halogenated alkanes) is 35. The summed E-state index contributed by atoms with van der Waals surface area (Å²) in [5.74, 6) is -0.336. The van der Waals surface area contributed by atoms with Crippen LogP contribution in [0.4, 0.5) is 0 Å². The third-order valence-corrected chi connectivity index (χ3v) is 13.5. The Morgan fingerprint density at radius 1 is 0.477 bits per heavy atom. The van der Waals surface area contributed by atoms with Crippen molar-refractivity contribution < 1.29 is 37.3 Å². The summed E-state index contributed by atoms with van der Waals surface area (Å²) in [6, 6.07) is 0. The minimum Gasteiger partial charge on any atom is -0.756 e. The lowest BCUT2D eigenvalue weighted by atomic mass is 10.0. The maximum absolute atomic E-state index is 12.8. The van der Waals surface area contributed by atoms with E-state index in [1.54, 1.807) is 0 Å². The molecule has 0 rings (SSSR count). The Labute approximate surface area is 404 Å². The fourth-order valence-corrected chi connectivity index (χ4v) is 8.90. The first-order valence-corrected chi connectivity index (χ1v) is 29.5. The van der Waals surface area contributed by atoms with Crippen LogP contribution in [0.25, 0.3) is 0 Å². The van der Waals surface area contributed by atoms with Crippen LogP contribution in [0.2, 0.25) is 0 Å². The van der Waals surface area contributed by atoms with Crippen molar-refractivity contribution in [3.63, 3.8) is 0 Å². The number of hydrogen-bond acceptors (Lipinski definition) is 7. The summed E-state index contributed by atoms with van der Waals surface area (Å²) in [4.78, 5) is 25.2. The van der Waals surface area contributed by atoms with Gasteiger partial charge in [-0.25, -0.2) is 0 Å². The molecule has 0 aromatic carbocycles. The number of phosphoric ester groups is 1. The number of likely N-dealkylation sites (N-methyl/N-ethyl adjacent to an activating group) is 1. The summed E-state index contributed by atoms with van der Waals surface area (Å²) < 4.78 is 34.8. The quantitative estimate of drug-likeness (QED) is 0.0197. The third-order valence-electron chi connectivity index (χ3n) is 12.5. The van der Waals surface area contributed by atoms with E-state index in [1.807, 2.05) is 21.1 Å². The molecule has 0 radical (unpaired) electrons. The van der Waals surface area contributed by atoms with Gasteiger partial charge >= 0.3 is 5.97 Å². The second-order valence-corrected chi connectivity index (χ2v) is 21.7. The molecule has 0 fully saturated rings. The van der Waals surface area contributed by atoms with Crippen molar-refractivity contribution in [1.29, 1.82) is 0 Å². The fourth-order valence-electron chi connectivity index (χ4n) is 8.17. The zero-order chi connectivity index (χ0) is 47.6. The van der Waals surface area contributed by atoms with E-state index in [1.165, 1.54) is 205 Å². The standard InChI is InChI=1S/C56H110NO7P/c1-6-8-10-12-14-16-18-20-22-24-26-27-28-29-30-31-32-34-36-38-40-42-44-46-48-51-61-53-55(54-63-65(59,60)62-52-50-57(3,4)5)64-56(58)49-47-45-43-41-39-37-35-33-25-23-21-19-17-15-13-11-9-7-2/h17,19,23,25,55H,6-16,18,20-22,24,26-54H2,1-5H3/b19-17-,25-23-. The molecule has 0 aromatic heterocycles. The van der Waals surface area contributed by atoms with Crippen LogP contribution in [0.15, 0.2) is 24.3 Å². The monoisotopic (exact) mass is 940 g/mol. The molecule has 9 heteroatoms. The lowest BCUT2D eigenvalue weighted by molar-refractivity contribution is -0.870. The second-order valence-electron chi connectivity index (χ2n) is 20.3. The molecule has 0 saturated heterocycles. The molecule has 0 aromatic rings. The summed E-state index contributed by atoms with van der Waals surface area (Å²) in [7, 11) is 1.36. The van der Waals surface area contributed by atoms with Crippen LogP contribution in [0.1, 0.15) is 271 Å². The highest BCUT2D eigenvalue weighted by Gasteiger charge is 2.20. The smallest absolute Gasteiger partial charge is 0.306 e. The van der Waals surface area contributed by atoms with Crippen LogP contribution in [-0.4, -0.2) is 70.7 Å². The zero-order valence-corrected chi connectivity index (χ0v) is 44.9. The fraction of sp³-hybridized carbons (Fsp3) is 0.911. The Balaban J connectivity index is 4.04. The van der Waals surface area contributed by atoms with Crippen LogP contribution in [0.5, 0.6) is 0 Å². The molecule has 0 N–H and O–H groups in total. The Bertz CT molecular complexity index is 1090. The maximum Gasteiger partial charge on any atom is 0.306 e. The van der Waals surface area contributed by atoms with Crippen molar-refractivity contribution >= 4 is 13.8 Å². The summed E-state index contributed by atoms with van der Waals surface area (Å²) in [5, 5.41) is 0. The van der Waals surface area contributed by atoms with Crippen molar-refractivity contribution in [3.8, 4) is 0 Å². The molecule has 2 atom stereocenters. The number of hydrogen-bond donors (Lipinski definition) is 0. The molecule has 0 amide bonds. The van der Waals surface area contributed by atoms with Crippen LogP contribution < -0.4 is 4.89 Å². The maximum atomic E-state index is 12.8. The van der Waals surface area contributed by atoms with Gasteiger partial charge in [-0.05, 0) is 44.9 Å². The number of nitrogens with zero attached hydrogens (tertiary/aromatic N) is 1. The number of quaternary nitrogens is 1. The van der Waals surface area contributed by atoms with Gasteiger partial charge in [-0.1, -0.05) is 244 Å². The Morgan fingerprint density at radius 3 is 1.26 bits per heavy atom. The molecule has 0 aliphatic rings. The minimum absolute atomic E-state index is 0.0268. The first kappa shape index (κ1) is 64.0. The van der Waals surface area contributed by atoms with E-state index in [-0.39, 0.29) is 25.8 Å². The van der Waals surface area contributed by atoms with Gasteiger partial charge in [0.25, 0.3) is 7.82 Å². The van der Waals surface area contributed by atoms with Gasteiger partial charge in [0.15, 0.2) is 0 Å². The highest BCUT2D eigenvalue weighted by Crippen LogP contribution is 2.38. The van der Waals surface area contributed by atoms with Gasteiger partial charge in [0.05, 0.1) is 34.4 Å². The molecule has 0 bridgehead atoms. The average Bonchev–Trinajstić information content (AvgIpc) is 3.27. The van der Waals surface area contributed by atoms with Crippen LogP contribution in [0.3, 0.4) is 0 Å². The van der Waals surface area contributed by atoms with Gasteiger partial charge in [-0.15, -0.1) is 0 Å². The lowest BCUT2D eigenvalue weighted by Crippen LogP contribution is -2.37. The van der Waals surface area contributed by atoms with E-state index in [2.05, 4.69) is 38.2 Å². The van der Waals surface area contributed by atoms with Crippen molar-refractivity contribution in [1.82, 2.24) is 0 Å². The zero-order valence-electron chi connectivity index (χ0n) is 44.0. The molecule has 0 heterocycles. The second kappa shape index (κ2) is 49.4. The number of carbonyl (C=O) groups excluding carboxylic acids is 1. The third kappa shape index (κ3) is 53.8. The van der Waals surface area contributed by atoms with Crippen molar-refractivity contribution in [2.75, 3.05) is 54.1 Å². The van der Waals surface area contributed by atoms with Crippen molar-refractivity contribution in [3.05, 3.63) is 24.3 Å². The van der Waals surface area contributed by atoms with E-state index >= 15 is 0 Å². The molecule has 0 spiro atoms. The number of ether oxygens (including phenoxy) is 2. The van der Waals surface area contributed by atoms with Crippen molar-refractivity contribution in [2.24, 2.45) is 0 Å². The molecule has 8 nitrogen and oxygen atoms in total. The van der Waals surface area contributed by atoms with Gasteiger partial charge in [0.2, 0.25) is 0 Å². The largest absolute Gasteiger partial charge is 0.756 e. The number of rotatable bonds is 53. The highest BCUT2D eigenvalue weighted by atomic mass is 31.2. The SMILES string of the molecule is CCCCCC/C=C\C/C=C\CCCCCCCCCC(=O)OC(COCCCCCCCCCCCCCCCCCCCCCCCCCCC)COP(=O)([O-])OCC[N+](C)(C)C. The summed E-state index contributed by atoms with van der Waals surface area (Å²) >= 11 is 0. The molecule has 0 saturated carbocycles. The van der Waals surface area contributed by atoms with E-state index in [0.717, 1.165) is 44.9 Å². The van der Waals surface area contributed by atoms with Gasteiger partial charge < -0.3 is 27.9 Å². The summed E-state index contributed by atoms with van der Waals surface area (Å²) in [5.41, 5.74) is 0. The van der Waals surface area contributed by atoms with E-state index in [0.29, 0.717) is 24.1 Å². The minimum atomic E-state index is -4.53. The van der Waals surface area contributed by atoms with E-state index < -0.39 is 13.9 Å². The Morgan fingerprint density at radius 2 is 0.846 bits per heavy atom. The predicted octanol–water partition coefficient (Wildman–Crippen LogP) is 16.9. The number of esters is 1. The molecular formula is C56H110NO7P. The highest BCUT2D eigenvalue weighted by molar-refractivity contribution is 7.45. The lowest BCUT2D eigenvalue weighted by Gasteiger charge is -2.28. The number of carbonyl (C=O) groups is 1. The number of phosphoric acid groups is 1. The summed E-state index contributed by atoms with van der Waals surface area (Å²) in [6.07, 6.45) is 59.3. The molecule has 65 heavy (non-hydrogen) atoms. The normalized spacial score (nSPS) is 13.6.